The zero-order chi connectivity index (χ0) is 13.7. The third-order valence-electron chi connectivity index (χ3n) is 3.17. The Labute approximate surface area is 112 Å². The summed E-state index contributed by atoms with van der Waals surface area (Å²) < 4.78 is 5.30. The third-order valence-corrected chi connectivity index (χ3v) is 3.17. The van der Waals surface area contributed by atoms with Crippen LogP contribution in [0.3, 0.4) is 0 Å². The highest BCUT2D eigenvalue weighted by atomic mass is 16.5. The van der Waals surface area contributed by atoms with Gasteiger partial charge in [-0.1, -0.05) is 0 Å². The molecule has 3 N–H and O–H groups in total. The van der Waals surface area contributed by atoms with Gasteiger partial charge in [-0.25, -0.2) is 0 Å². The summed E-state index contributed by atoms with van der Waals surface area (Å²) in [7, 11) is 1.75. The molecule has 0 amide bonds. The molecule has 1 aromatic rings. The molecule has 19 heavy (non-hydrogen) atoms. The van der Waals surface area contributed by atoms with Crippen LogP contribution in [0.5, 0.6) is 6.01 Å². The molecule has 0 aromatic carbocycles. The molecule has 0 saturated heterocycles. The van der Waals surface area contributed by atoms with Crippen LogP contribution in [0, 0.1) is 5.92 Å². The molecule has 7 heteroatoms. The fourth-order valence-electron chi connectivity index (χ4n) is 2.21. The molecule has 1 aromatic heterocycles. The molecule has 0 aliphatic heterocycles. The van der Waals surface area contributed by atoms with Gasteiger partial charge in [-0.15, -0.1) is 0 Å². The predicted octanol–water partition coefficient (Wildman–Crippen LogP) is 0.885. The molecule has 1 saturated carbocycles. The first-order valence-electron chi connectivity index (χ1n) is 6.69. The Hall–Kier alpha value is -1.63. The van der Waals surface area contributed by atoms with Crippen LogP contribution in [0.25, 0.3) is 0 Å². The molecule has 7 nitrogen and oxygen atoms in total. The van der Waals surface area contributed by atoms with E-state index in [9.17, 15) is 5.11 Å². The van der Waals surface area contributed by atoms with Gasteiger partial charge in [0.1, 0.15) is 0 Å². The first kappa shape index (κ1) is 13.8. The molecule has 106 valence electrons. The Balaban J connectivity index is 1.96. The van der Waals surface area contributed by atoms with Crippen molar-refractivity contribution in [3.8, 4) is 6.01 Å². The largest absolute Gasteiger partial charge is 0.464 e. The number of hydrogen-bond acceptors (Lipinski definition) is 7. The Morgan fingerprint density at radius 1 is 1.26 bits per heavy atom. The van der Waals surface area contributed by atoms with Crippen molar-refractivity contribution in [2.24, 2.45) is 5.92 Å². The zero-order valence-electron chi connectivity index (χ0n) is 11.4. The Morgan fingerprint density at radius 3 is 2.68 bits per heavy atom. The number of rotatable bonds is 6. The van der Waals surface area contributed by atoms with Crippen molar-refractivity contribution in [2.45, 2.75) is 32.3 Å². The zero-order valence-corrected chi connectivity index (χ0v) is 11.4. The molecule has 1 aliphatic carbocycles. The van der Waals surface area contributed by atoms with Gasteiger partial charge in [-0.05, 0) is 32.1 Å². The molecule has 1 fully saturated rings. The summed E-state index contributed by atoms with van der Waals surface area (Å²) in [5.74, 6) is 1.46. The first-order chi connectivity index (χ1) is 9.21. The molecule has 2 atom stereocenters. The molecule has 0 radical (unpaired) electrons. The number of ether oxygens (including phenoxy) is 1. The van der Waals surface area contributed by atoms with Gasteiger partial charge in [0.05, 0.1) is 12.7 Å². The van der Waals surface area contributed by atoms with Gasteiger partial charge in [-0.3, -0.25) is 0 Å². The van der Waals surface area contributed by atoms with Crippen molar-refractivity contribution in [3.05, 3.63) is 0 Å². The molecular formula is C12H21N5O2. The summed E-state index contributed by atoms with van der Waals surface area (Å²) in [6, 6.07) is 0.316. The Morgan fingerprint density at radius 2 is 2.05 bits per heavy atom. The average Bonchev–Trinajstić information content (AvgIpc) is 2.82. The molecule has 0 bridgehead atoms. The van der Waals surface area contributed by atoms with Crippen LogP contribution < -0.4 is 15.4 Å². The average molecular weight is 267 g/mol. The van der Waals surface area contributed by atoms with Gasteiger partial charge in [0.25, 0.3) is 0 Å². The summed E-state index contributed by atoms with van der Waals surface area (Å²) in [5.41, 5.74) is 0. The minimum atomic E-state index is -0.156. The Kier molecular flexibility index (Phi) is 4.73. The van der Waals surface area contributed by atoms with Crippen LogP contribution in [-0.2, 0) is 0 Å². The van der Waals surface area contributed by atoms with Crippen LogP contribution >= 0.6 is 0 Å². The number of anilines is 2. The van der Waals surface area contributed by atoms with Gasteiger partial charge in [0, 0.05) is 13.6 Å². The number of nitrogens with zero attached hydrogens (tertiary/aromatic N) is 3. The highest BCUT2D eigenvalue weighted by molar-refractivity contribution is 5.35. The number of aliphatic hydroxyl groups excluding tert-OH is 1. The van der Waals surface area contributed by atoms with Crippen molar-refractivity contribution in [2.75, 3.05) is 30.8 Å². The topological polar surface area (TPSA) is 92.2 Å². The highest BCUT2D eigenvalue weighted by Gasteiger charge is 2.22. The van der Waals surface area contributed by atoms with Gasteiger partial charge >= 0.3 is 6.01 Å². The normalized spacial score (nSPS) is 22.3. The first-order valence-corrected chi connectivity index (χ1v) is 6.69. The Bertz CT molecular complexity index is 415. The van der Waals surface area contributed by atoms with Crippen molar-refractivity contribution in [3.63, 3.8) is 0 Å². The van der Waals surface area contributed by atoms with E-state index in [1.54, 1.807) is 7.05 Å². The lowest BCUT2D eigenvalue weighted by atomic mass is 10.1. The SMILES string of the molecule is CCOc1nc(NC)nc(NCC2CCC(O)C2)n1. The number of hydrogen-bond donors (Lipinski definition) is 3. The van der Waals surface area contributed by atoms with Gasteiger partial charge in [0.2, 0.25) is 11.9 Å². The summed E-state index contributed by atoms with van der Waals surface area (Å²) in [5, 5.41) is 15.6. The molecule has 0 spiro atoms. The predicted molar refractivity (Wildman–Crippen MR) is 72.4 cm³/mol. The smallest absolute Gasteiger partial charge is 0.323 e. The van der Waals surface area contributed by atoms with E-state index >= 15 is 0 Å². The van der Waals surface area contributed by atoms with Crippen LogP contribution in [0.1, 0.15) is 26.2 Å². The molecule has 1 aliphatic rings. The second kappa shape index (κ2) is 6.51. The summed E-state index contributed by atoms with van der Waals surface area (Å²) in [4.78, 5) is 12.5. The second-order valence-corrected chi connectivity index (χ2v) is 4.66. The van der Waals surface area contributed by atoms with Gasteiger partial charge in [-0.2, -0.15) is 15.0 Å². The van der Waals surface area contributed by atoms with Crippen LogP contribution in [0.15, 0.2) is 0 Å². The van der Waals surface area contributed by atoms with E-state index in [-0.39, 0.29) is 6.10 Å². The van der Waals surface area contributed by atoms with Crippen molar-refractivity contribution in [1.29, 1.82) is 0 Å². The number of nitrogens with one attached hydrogen (secondary N) is 2. The molecule has 1 heterocycles. The summed E-state index contributed by atoms with van der Waals surface area (Å²) >= 11 is 0. The van der Waals surface area contributed by atoms with Crippen molar-refractivity contribution in [1.82, 2.24) is 15.0 Å². The standard InChI is InChI=1S/C12H21N5O2/c1-3-19-12-16-10(13-2)15-11(17-12)14-7-8-4-5-9(18)6-8/h8-9,18H,3-7H2,1-2H3,(H2,13,14,15,16,17). The minimum Gasteiger partial charge on any atom is -0.464 e. The maximum absolute atomic E-state index is 9.49. The van der Waals surface area contributed by atoms with Crippen LogP contribution in [0.2, 0.25) is 0 Å². The van der Waals surface area contributed by atoms with E-state index in [4.69, 9.17) is 4.74 Å². The second-order valence-electron chi connectivity index (χ2n) is 4.66. The van der Waals surface area contributed by atoms with Gasteiger partial charge < -0.3 is 20.5 Å². The molecular weight excluding hydrogens is 246 g/mol. The molecule has 2 rings (SSSR count). The minimum absolute atomic E-state index is 0.156. The van der Waals surface area contributed by atoms with Gasteiger partial charge in [0.15, 0.2) is 0 Å². The van der Waals surface area contributed by atoms with E-state index in [0.717, 1.165) is 25.8 Å². The van der Waals surface area contributed by atoms with Crippen molar-refractivity contribution >= 4 is 11.9 Å². The quantitative estimate of drug-likeness (QED) is 0.704. The molecule has 2 unspecified atom stereocenters. The van der Waals surface area contributed by atoms with E-state index in [1.807, 2.05) is 6.92 Å². The number of aromatic nitrogens is 3. The lowest BCUT2D eigenvalue weighted by Gasteiger charge is -2.12. The monoisotopic (exact) mass is 267 g/mol. The summed E-state index contributed by atoms with van der Waals surface area (Å²) in [6.45, 7) is 3.16. The van der Waals surface area contributed by atoms with E-state index < -0.39 is 0 Å². The third kappa shape index (κ3) is 3.92. The number of aliphatic hydroxyl groups is 1. The van der Waals surface area contributed by atoms with Crippen LogP contribution in [0.4, 0.5) is 11.9 Å². The lowest BCUT2D eigenvalue weighted by molar-refractivity contribution is 0.178. The van der Waals surface area contributed by atoms with Crippen LogP contribution in [-0.4, -0.2) is 46.4 Å². The summed E-state index contributed by atoms with van der Waals surface area (Å²) in [6.07, 6.45) is 2.61. The van der Waals surface area contributed by atoms with E-state index in [0.29, 0.717) is 30.4 Å². The lowest BCUT2D eigenvalue weighted by Crippen LogP contribution is -2.15. The fraction of sp³-hybridized carbons (Fsp3) is 0.750. The van der Waals surface area contributed by atoms with E-state index in [2.05, 4.69) is 25.6 Å². The maximum atomic E-state index is 9.49. The maximum Gasteiger partial charge on any atom is 0.323 e. The fourth-order valence-corrected chi connectivity index (χ4v) is 2.21. The highest BCUT2D eigenvalue weighted by Crippen LogP contribution is 2.25. The van der Waals surface area contributed by atoms with E-state index in [1.165, 1.54) is 0 Å². The van der Waals surface area contributed by atoms with Crippen molar-refractivity contribution < 1.29 is 9.84 Å².